The standard InChI is InChI=1S/C42H41Cl2F3N4O7.H2O/c43-32-19-48-20-33(44)31(32)18-35(26-9-10-34(58-42(46)47)36(17-26)55-23-24-7-8-24)56-38(52)21-49-40(53)28-4-2-6-30(16-28)50-39(27-3-1-5-29(45)15-27)41(54)57-37-22-51-13-11-25(37)12-14-51;/h1-6,9-10,15-17,19-20,24-25,35,37,39,42,50H,7-8,11-14,18,21-23H2,(H,49,53);1H2/t35-,37-,39?;/m0./s1. The second kappa shape index (κ2) is 19.8. The number of aromatic nitrogens is 1. The lowest BCUT2D eigenvalue weighted by Gasteiger charge is -2.44. The molecule has 314 valence electrons. The largest absolute Gasteiger partial charge is 0.870 e. The number of esters is 2. The highest BCUT2D eigenvalue weighted by Crippen LogP contribution is 2.38. The zero-order valence-corrected chi connectivity index (χ0v) is 33.2. The number of ether oxygens (including phenoxy) is 4. The zero-order chi connectivity index (χ0) is 40.8. The number of carbonyl (C=O) groups excluding carboxylic acids is 3. The van der Waals surface area contributed by atoms with E-state index in [-0.39, 0.29) is 51.0 Å². The van der Waals surface area contributed by atoms with Crippen molar-refractivity contribution in [1.82, 2.24) is 10.2 Å². The SMILES string of the molecule is O=C(CNC(=O)c1cccc(NC(C(=O)O[C@H]2CN3CCC2CC3)c2cccc(F)c2)c1)O[C@@H](Cc1c(Cl)c[nH+]cc1Cl)c1ccc(OC(F)F)c(OCC2CC2)c1.[OH-]. The van der Waals surface area contributed by atoms with Gasteiger partial charge in [-0.25, -0.2) is 14.2 Å². The van der Waals surface area contributed by atoms with Crippen molar-refractivity contribution in [3.63, 3.8) is 0 Å². The monoisotopic (exact) mass is 858 g/mol. The summed E-state index contributed by atoms with van der Waals surface area (Å²) in [5.41, 5.74) is 1.72. The van der Waals surface area contributed by atoms with Gasteiger partial charge in [-0.2, -0.15) is 8.78 Å². The third-order valence-electron chi connectivity index (χ3n) is 10.5. The van der Waals surface area contributed by atoms with E-state index < -0.39 is 49.0 Å². The van der Waals surface area contributed by atoms with Crippen molar-refractivity contribution in [3.8, 4) is 11.5 Å². The maximum Gasteiger partial charge on any atom is 0.387 e. The molecular formula is C42H43Cl2F3N4O8. The molecule has 3 atom stereocenters. The number of alkyl halides is 2. The topological polar surface area (TPSA) is 160 Å². The summed E-state index contributed by atoms with van der Waals surface area (Å²) in [5, 5.41) is 6.22. The fourth-order valence-electron chi connectivity index (χ4n) is 7.21. The first-order valence-corrected chi connectivity index (χ1v) is 19.8. The Labute approximate surface area is 348 Å². The van der Waals surface area contributed by atoms with Crippen LogP contribution in [0.3, 0.4) is 0 Å². The van der Waals surface area contributed by atoms with Crippen LogP contribution in [0.15, 0.2) is 79.1 Å². The van der Waals surface area contributed by atoms with E-state index in [2.05, 4.69) is 25.3 Å². The summed E-state index contributed by atoms with van der Waals surface area (Å²) in [4.78, 5) is 45.5. The molecule has 4 heterocycles. The van der Waals surface area contributed by atoms with E-state index in [0.29, 0.717) is 41.4 Å². The molecule has 8 rings (SSSR count). The van der Waals surface area contributed by atoms with Crippen molar-refractivity contribution in [2.24, 2.45) is 11.8 Å². The van der Waals surface area contributed by atoms with Crippen LogP contribution in [-0.4, -0.2) is 73.7 Å². The van der Waals surface area contributed by atoms with Crippen LogP contribution in [0, 0.1) is 17.7 Å². The normalized spacial score (nSPS) is 19.2. The highest BCUT2D eigenvalue weighted by Gasteiger charge is 2.38. The quantitative estimate of drug-likeness (QED) is 0.104. The average molecular weight is 860 g/mol. The number of benzene rings is 3. The lowest BCUT2D eigenvalue weighted by Crippen LogP contribution is -2.52. The Hall–Kier alpha value is -5.09. The molecule has 1 saturated carbocycles. The van der Waals surface area contributed by atoms with Crippen LogP contribution < -0.4 is 25.1 Å². The van der Waals surface area contributed by atoms with Gasteiger partial charge in [0.05, 0.1) is 6.61 Å². The van der Waals surface area contributed by atoms with Gasteiger partial charge in [-0.15, -0.1) is 0 Å². The highest BCUT2D eigenvalue weighted by atomic mass is 35.5. The van der Waals surface area contributed by atoms with E-state index in [4.69, 9.17) is 37.4 Å². The number of hydrogen-bond donors (Lipinski definition) is 2. The summed E-state index contributed by atoms with van der Waals surface area (Å²) in [6.07, 6.45) is 5.51. The minimum Gasteiger partial charge on any atom is -0.870 e. The Morgan fingerprint density at radius 1 is 0.898 bits per heavy atom. The van der Waals surface area contributed by atoms with Crippen molar-refractivity contribution < 1.29 is 57.0 Å². The van der Waals surface area contributed by atoms with Crippen molar-refractivity contribution in [3.05, 3.63) is 117 Å². The summed E-state index contributed by atoms with van der Waals surface area (Å²) in [6, 6.07) is 15.1. The Morgan fingerprint density at radius 3 is 2.32 bits per heavy atom. The molecule has 12 nitrogen and oxygen atoms in total. The summed E-state index contributed by atoms with van der Waals surface area (Å²) in [5.74, 6) is -2.08. The Morgan fingerprint density at radius 2 is 1.64 bits per heavy atom. The van der Waals surface area contributed by atoms with E-state index in [1.165, 1.54) is 60.9 Å². The third kappa shape index (κ3) is 11.6. The molecule has 4 N–H and O–H groups in total. The molecule has 3 aliphatic heterocycles. The molecular weight excluding hydrogens is 816 g/mol. The van der Waals surface area contributed by atoms with Gasteiger partial charge in [-0.3, -0.25) is 14.5 Å². The van der Waals surface area contributed by atoms with Gasteiger partial charge in [-0.05, 0) is 104 Å². The van der Waals surface area contributed by atoms with Gasteiger partial charge in [0.2, 0.25) is 0 Å². The maximum atomic E-state index is 14.4. The third-order valence-corrected chi connectivity index (χ3v) is 11.2. The van der Waals surface area contributed by atoms with Gasteiger partial charge >= 0.3 is 18.6 Å². The number of carbonyl (C=O) groups is 3. The van der Waals surface area contributed by atoms with E-state index in [9.17, 15) is 27.6 Å². The van der Waals surface area contributed by atoms with Gasteiger partial charge in [0.15, 0.2) is 29.9 Å². The molecule has 3 saturated heterocycles. The van der Waals surface area contributed by atoms with Crippen LogP contribution in [0.4, 0.5) is 18.9 Å². The Kier molecular flexibility index (Phi) is 14.6. The smallest absolute Gasteiger partial charge is 0.387 e. The number of H-pyrrole nitrogens is 1. The minimum absolute atomic E-state index is 0. The van der Waals surface area contributed by atoms with Crippen LogP contribution in [0.25, 0.3) is 0 Å². The van der Waals surface area contributed by atoms with E-state index in [0.717, 1.165) is 38.8 Å². The predicted molar refractivity (Wildman–Crippen MR) is 209 cm³/mol. The molecule has 0 spiro atoms. The number of amides is 1. The van der Waals surface area contributed by atoms with Gasteiger partial charge in [0.25, 0.3) is 5.91 Å². The number of aromatic amines is 1. The number of nitrogens with one attached hydrogen (secondary N) is 3. The molecule has 1 aliphatic carbocycles. The lowest BCUT2D eigenvalue weighted by atomic mass is 9.86. The lowest BCUT2D eigenvalue weighted by molar-refractivity contribution is -0.377. The first kappa shape index (κ1) is 43.5. The van der Waals surface area contributed by atoms with Crippen LogP contribution in [-0.2, 0) is 25.5 Å². The first-order chi connectivity index (χ1) is 28.0. The van der Waals surface area contributed by atoms with Crippen molar-refractivity contribution in [1.29, 1.82) is 0 Å². The zero-order valence-electron chi connectivity index (χ0n) is 31.7. The van der Waals surface area contributed by atoms with Gasteiger partial charge in [0, 0.05) is 29.8 Å². The van der Waals surface area contributed by atoms with Crippen LogP contribution >= 0.6 is 23.2 Å². The van der Waals surface area contributed by atoms with Crippen LogP contribution in [0.5, 0.6) is 11.5 Å². The van der Waals surface area contributed by atoms with Crippen LogP contribution in [0.1, 0.15) is 64.9 Å². The molecule has 0 radical (unpaired) electrons. The first-order valence-electron chi connectivity index (χ1n) is 19.1. The maximum absolute atomic E-state index is 14.4. The second-order valence-electron chi connectivity index (χ2n) is 14.7. The number of pyridine rings is 1. The number of rotatable bonds is 17. The molecule has 1 unspecified atom stereocenters. The van der Waals surface area contributed by atoms with Crippen molar-refractivity contribution in [2.45, 2.75) is 57.0 Å². The van der Waals surface area contributed by atoms with E-state index in [1.54, 1.807) is 18.2 Å². The number of piperidine rings is 3. The number of halogens is 5. The fraction of sp³-hybridized carbons (Fsp3) is 0.381. The van der Waals surface area contributed by atoms with E-state index in [1.807, 2.05) is 0 Å². The summed E-state index contributed by atoms with van der Waals surface area (Å²) >= 11 is 12.9. The molecule has 3 aromatic carbocycles. The summed E-state index contributed by atoms with van der Waals surface area (Å²) in [6.45, 7) is -0.744. The molecule has 17 heteroatoms. The molecule has 59 heavy (non-hydrogen) atoms. The van der Waals surface area contributed by atoms with Crippen molar-refractivity contribution in [2.75, 3.05) is 38.1 Å². The fourth-order valence-corrected chi connectivity index (χ4v) is 7.74. The van der Waals surface area contributed by atoms with Gasteiger partial charge < -0.3 is 35.1 Å². The Balaban J connectivity index is 0.00000585. The van der Waals surface area contributed by atoms with Crippen LogP contribution in [0.2, 0.25) is 10.0 Å². The van der Waals surface area contributed by atoms with E-state index >= 15 is 0 Å². The van der Waals surface area contributed by atoms with Gasteiger partial charge in [0.1, 0.15) is 34.6 Å². The van der Waals surface area contributed by atoms with Crippen molar-refractivity contribution >= 4 is 46.7 Å². The minimum atomic E-state index is -3.09. The molecule has 1 amide bonds. The highest BCUT2D eigenvalue weighted by molar-refractivity contribution is 6.35. The number of nitrogens with zero attached hydrogens (tertiary/aromatic N) is 1. The number of fused-ring (bicyclic) bond motifs is 3. The average Bonchev–Trinajstić information content (AvgIpc) is 4.05. The molecule has 4 aliphatic rings. The number of hydrogen-bond acceptors (Lipinski definition) is 10. The predicted octanol–water partition coefficient (Wildman–Crippen LogP) is 7.21. The Bertz CT molecular complexity index is 2100. The second-order valence-corrected chi connectivity index (χ2v) is 15.5. The summed E-state index contributed by atoms with van der Waals surface area (Å²) < 4.78 is 63.2. The summed E-state index contributed by atoms with van der Waals surface area (Å²) in [7, 11) is 0. The molecule has 4 aromatic rings. The number of anilines is 1. The molecule has 2 bridgehead atoms. The molecule has 1 aromatic heterocycles. The molecule has 4 fully saturated rings. The van der Waals surface area contributed by atoms with Gasteiger partial charge in [-0.1, -0.05) is 47.5 Å².